The summed E-state index contributed by atoms with van der Waals surface area (Å²) >= 11 is 0. The van der Waals surface area contributed by atoms with E-state index in [4.69, 9.17) is 9.73 Å². The molecular weight excluding hydrogens is 398 g/mol. The zero-order valence-electron chi connectivity index (χ0n) is 18.1. The van der Waals surface area contributed by atoms with Crippen LogP contribution in [0.15, 0.2) is 35.5 Å². The number of ether oxygens (including phenoxy) is 1. The van der Waals surface area contributed by atoms with Crippen molar-refractivity contribution >= 4 is 11.8 Å². The molecule has 4 heterocycles. The van der Waals surface area contributed by atoms with Crippen LogP contribution in [0.3, 0.4) is 0 Å². The Hall–Kier alpha value is -2.31. The van der Waals surface area contributed by atoms with E-state index in [-0.39, 0.29) is 5.88 Å². The summed E-state index contributed by atoms with van der Waals surface area (Å²) in [6.45, 7) is 11.9. The number of rotatable bonds is 7. The van der Waals surface area contributed by atoms with Crippen molar-refractivity contribution in [2.75, 3.05) is 77.4 Å². The van der Waals surface area contributed by atoms with Crippen LogP contribution < -0.4 is 16.0 Å². The van der Waals surface area contributed by atoms with Gasteiger partial charge < -0.3 is 20.1 Å². The lowest BCUT2D eigenvalue weighted by Gasteiger charge is -2.45. The highest BCUT2D eigenvalue weighted by Crippen LogP contribution is 2.23. The number of hydrogen-bond donors (Lipinski definition) is 4. The molecule has 3 aliphatic rings. The fourth-order valence-electron chi connectivity index (χ4n) is 4.12. The minimum absolute atomic E-state index is 0.0587. The van der Waals surface area contributed by atoms with Crippen molar-refractivity contribution in [1.82, 2.24) is 35.3 Å². The van der Waals surface area contributed by atoms with Gasteiger partial charge in [-0.3, -0.25) is 20.4 Å². The van der Waals surface area contributed by atoms with Crippen molar-refractivity contribution < 1.29 is 9.84 Å². The largest absolute Gasteiger partial charge is 0.495 e. The number of aliphatic imine (C=N–C) groups is 1. The highest BCUT2D eigenvalue weighted by atomic mass is 16.5. The van der Waals surface area contributed by atoms with Gasteiger partial charge in [-0.1, -0.05) is 6.92 Å². The molecule has 1 aromatic heterocycles. The lowest BCUT2D eigenvalue weighted by Crippen LogP contribution is -2.65. The molecule has 0 bridgehead atoms. The molecule has 2 saturated heterocycles. The molecule has 0 saturated carbocycles. The summed E-state index contributed by atoms with van der Waals surface area (Å²) in [4.78, 5) is 20.2. The maximum absolute atomic E-state index is 10.6. The van der Waals surface area contributed by atoms with Crippen molar-refractivity contribution in [1.29, 1.82) is 0 Å². The Bertz CT molecular complexity index is 761. The van der Waals surface area contributed by atoms with Crippen LogP contribution in [0, 0.1) is 0 Å². The molecule has 0 aromatic carbocycles. The Labute approximate surface area is 183 Å². The van der Waals surface area contributed by atoms with E-state index in [0.717, 1.165) is 72.1 Å². The summed E-state index contributed by atoms with van der Waals surface area (Å²) in [5.41, 5.74) is 0. The van der Waals surface area contributed by atoms with E-state index >= 15 is 0 Å². The number of nitrogens with one attached hydrogen (secondary N) is 3. The molecule has 11 heteroatoms. The zero-order valence-corrected chi connectivity index (χ0v) is 18.1. The molecule has 170 valence electrons. The van der Waals surface area contributed by atoms with Gasteiger partial charge in [-0.2, -0.15) is 0 Å². The smallest absolute Gasteiger partial charge is 0.207 e. The lowest BCUT2D eigenvalue weighted by atomic mass is 10.2. The standard InChI is InChI=1S/C20H33N9O2/c1-2-27-7-9-29(10-8-27)20(23-5-6-28-11-13-31-14-12-28)15-18(30)25-19(26-20)24-17-3-4-21-16-22-17/h3-4,15-16,23,30H,2,5-14H2,1H3,(H2,21,22,24,25,26). The molecule has 3 aliphatic heterocycles. The molecule has 0 radical (unpaired) electrons. The number of likely N-dealkylation sites (N-methyl/N-ethyl adjacent to an activating group) is 1. The number of nitrogens with zero attached hydrogens (tertiary/aromatic N) is 6. The number of piperazine rings is 1. The minimum Gasteiger partial charge on any atom is -0.495 e. The van der Waals surface area contributed by atoms with Crippen molar-refractivity contribution in [3.63, 3.8) is 0 Å². The summed E-state index contributed by atoms with van der Waals surface area (Å²) in [6, 6.07) is 1.76. The topological polar surface area (TPSA) is 113 Å². The molecule has 4 rings (SSSR count). The Morgan fingerprint density at radius 2 is 1.97 bits per heavy atom. The van der Waals surface area contributed by atoms with Gasteiger partial charge in [0, 0.05) is 64.6 Å². The minimum atomic E-state index is -0.836. The van der Waals surface area contributed by atoms with Crippen LogP contribution in [0.1, 0.15) is 6.92 Å². The fourth-order valence-corrected chi connectivity index (χ4v) is 4.12. The first-order valence-electron chi connectivity index (χ1n) is 11.0. The lowest BCUT2D eigenvalue weighted by molar-refractivity contribution is 0.0255. The van der Waals surface area contributed by atoms with E-state index in [9.17, 15) is 5.11 Å². The highest BCUT2D eigenvalue weighted by molar-refractivity contribution is 5.94. The van der Waals surface area contributed by atoms with Crippen LogP contribution in [0.5, 0.6) is 0 Å². The summed E-state index contributed by atoms with van der Waals surface area (Å²) < 4.78 is 5.45. The molecule has 0 spiro atoms. The van der Waals surface area contributed by atoms with E-state index in [1.165, 1.54) is 6.33 Å². The third-order valence-corrected chi connectivity index (χ3v) is 5.91. The van der Waals surface area contributed by atoms with Crippen molar-refractivity contribution in [2.45, 2.75) is 12.7 Å². The van der Waals surface area contributed by atoms with Gasteiger partial charge in [0.05, 0.1) is 13.2 Å². The third-order valence-electron chi connectivity index (χ3n) is 5.91. The van der Waals surface area contributed by atoms with Crippen molar-refractivity contribution in [2.24, 2.45) is 4.99 Å². The van der Waals surface area contributed by atoms with E-state index in [1.54, 1.807) is 18.3 Å². The molecule has 1 aromatic rings. The maximum atomic E-state index is 10.6. The number of aliphatic hydroxyl groups is 1. The summed E-state index contributed by atoms with van der Waals surface area (Å²) in [5.74, 6) is 0.268. The quantitative estimate of drug-likeness (QED) is 0.449. The first kappa shape index (κ1) is 21.9. The van der Waals surface area contributed by atoms with Gasteiger partial charge in [0.2, 0.25) is 5.96 Å². The molecule has 31 heavy (non-hydrogen) atoms. The Balaban J connectivity index is 1.51. The zero-order chi connectivity index (χ0) is 21.5. The monoisotopic (exact) mass is 431 g/mol. The Morgan fingerprint density at radius 1 is 1.16 bits per heavy atom. The Morgan fingerprint density at radius 3 is 2.68 bits per heavy atom. The molecule has 0 aliphatic carbocycles. The molecule has 1 unspecified atom stereocenters. The normalized spacial score (nSPS) is 26.1. The highest BCUT2D eigenvalue weighted by Gasteiger charge is 2.39. The van der Waals surface area contributed by atoms with Gasteiger partial charge in [-0.05, 0) is 12.6 Å². The van der Waals surface area contributed by atoms with Crippen LogP contribution >= 0.6 is 0 Å². The van der Waals surface area contributed by atoms with Gasteiger partial charge in [0.1, 0.15) is 12.1 Å². The first-order chi connectivity index (χ1) is 15.2. The SMILES string of the molecule is CCN1CCN(C2(NCCN3CCOCC3)C=C(O)NC(Nc3ccncn3)=N2)CC1. The summed E-state index contributed by atoms with van der Waals surface area (Å²) in [6.07, 6.45) is 4.89. The number of aliphatic hydroxyl groups excluding tert-OH is 1. The number of hydrogen-bond acceptors (Lipinski definition) is 11. The van der Waals surface area contributed by atoms with Crippen LogP contribution in [0.25, 0.3) is 0 Å². The second-order valence-electron chi connectivity index (χ2n) is 7.86. The average molecular weight is 432 g/mol. The number of guanidine groups is 1. The molecule has 4 N–H and O–H groups in total. The van der Waals surface area contributed by atoms with Crippen LogP contribution in [0.2, 0.25) is 0 Å². The van der Waals surface area contributed by atoms with Crippen LogP contribution in [-0.4, -0.2) is 114 Å². The van der Waals surface area contributed by atoms with E-state index < -0.39 is 5.79 Å². The fraction of sp³-hybridized carbons (Fsp3) is 0.650. The predicted molar refractivity (Wildman–Crippen MR) is 119 cm³/mol. The molecule has 11 nitrogen and oxygen atoms in total. The first-order valence-corrected chi connectivity index (χ1v) is 11.0. The van der Waals surface area contributed by atoms with Crippen LogP contribution in [-0.2, 0) is 4.74 Å². The van der Waals surface area contributed by atoms with Gasteiger partial charge >= 0.3 is 0 Å². The molecule has 1 atom stereocenters. The molecular formula is C20H33N9O2. The van der Waals surface area contributed by atoms with E-state index in [0.29, 0.717) is 11.8 Å². The van der Waals surface area contributed by atoms with Gasteiger partial charge in [-0.15, -0.1) is 0 Å². The van der Waals surface area contributed by atoms with Crippen molar-refractivity contribution in [3.05, 3.63) is 30.5 Å². The Kier molecular flexibility index (Phi) is 7.30. The second kappa shape index (κ2) is 10.3. The third kappa shape index (κ3) is 5.69. The summed E-state index contributed by atoms with van der Waals surface area (Å²) in [5, 5.41) is 20.2. The summed E-state index contributed by atoms with van der Waals surface area (Å²) in [7, 11) is 0. The van der Waals surface area contributed by atoms with Gasteiger partial charge in [-0.25, -0.2) is 15.0 Å². The van der Waals surface area contributed by atoms with Gasteiger partial charge in [0.15, 0.2) is 11.7 Å². The number of morpholine rings is 1. The number of anilines is 1. The maximum Gasteiger partial charge on any atom is 0.207 e. The average Bonchev–Trinajstić information content (AvgIpc) is 2.80. The van der Waals surface area contributed by atoms with Crippen molar-refractivity contribution in [3.8, 4) is 0 Å². The van der Waals surface area contributed by atoms with E-state index in [2.05, 4.69) is 47.5 Å². The number of aromatic nitrogens is 2. The second-order valence-corrected chi connectivity index (χ2v) is 7.86. The van der Waals surface area contributed by atoms with Crippen LogP contribution in [0.4, 0.5) is 5.82 Å². The molecule has 0 amide bonds. The van der Waals surface area contributed by atoms with Gasteiger partial charge in [0.25, 0.3) is 0 Å². The molecule has 2 fully saturated rings. The van der Waals surface area contributed by atoms with E-state index in [1.807, 2.05) is 0 Å². The predicted octanol–water partition coefficient (Wildman–Crippen LogP) is -0.540.